The Labute approximate surface area is 329 Å². The van der Waals surface area contributed by atoms with Crippen LogP contribution in [0.3, 0.4) is 0 Å². The van der Waals surface area contributed by atoms with Crippen LogP contribution in [-0.2, 0) is 42.9 Å². The van der Waals surface area contributed by atoms with Crippen LogP contribution >= 0.6 is 0 Å². The smallest absolute Gasteiger partial charge is 0.408 e. The van der Waals surface area contributed by atoms with Crippen LogP contribution in [0.25, 0.3) is 0 Å². The van der Waals surface area contributed by atoms with Crippen molar-refractivity contribution < 1.29 is 67.8 Å². The molecule has 1 aliphatic heterocycles. The number of Topliss-reactive ketones (excluding diaryl/α,β-unsaturated/α-hetero) is 2. The molecule has 11 atom stereocenters. The zero-order chi connectivity index (χ0) is 41.8. The van der Waals surface area contributed by atoms with Gasteiger partial charge in [-0.2, -0.15) is 0 Å². The topological polar surface area (TPSA) is 221 Å². The second-order valence-corrected chi connectivity index (χ2v) is 16.6. The van der Waals surface area contributed by atoms with Gasteiger partial charge in [0.15, 0.2) is 11.7 Å². The van der Waals surface area contributed by atoms with E-state index in [0.717, 1.165) is 6.92 Å². The van der Waals surface area contributed by atoms with Crippen LogP contribution in [-0.4, -0.2) is 105 Å². The minimum atomic E-state index is -2.35. The third kappa shape index (κ3) is 7.26. The molecule has 2 saturated carbocycles. The van der Waals surface area contributed by atoms with Gasteiger partial charge in [0.25, 0.3) is 0 Å². The van der Waals surface area contributed by atoms with E-state index in [1.54, 1.807) is 69.3 Å². The molecule has 2 aromatic rings. The number of rotatable bonds is 8. The Balaban J connectivity index is 1.46. The fourth-order valence-corrected chi connectivity index (χ4v) is 9.00. The third-order valence-corrected chi connectivity index (χ3v) is 11.9. The molecule has 0 radical (unpaired) electrons. The van der Waals surface area contributed by atoms with E-state index >= 15 is 0 Å². The highest BCUT2D eigenvalue weighted by Crippen LogP contribution is 2.61. The average molecular weight is 792 g/mol. The summed E-state index contributed by atoms with van der Waals surface area (Å²) in [5, 5.41) is 38.9. The zero-order valence-corrected chi connectivity index (χ0v) is 32.8. The van der Waals surface area contributed by atoms with Gasteiger partial charge in [-0.3, -0.25) is 14.4 Å². The Morgan fingerprint density at radius 1 is 0.982 bits per heavy atom. The van der Waals surface area contributed by atoms with Crippen molar-refractivity contribution in [2.75, 3.05) is 6.61 Å². The minimum absolute atomic E-state index is 0.0671. The maximum absolute atomic E-state index is 14.7. The Morgan fingerprint density at radius 3 is 2.16 bits per heavy atom. The molecule has 6 rings (SSSR count). The van der Waals surface area contributed by atoms with Gasteiger partial charge in [0.05, 0.1) is 35.6 Å². The molecule has 3 fully saturated rings. The predicted molar refractivity (Wildman–Crippen MR) is 198 cm³/mol. The molecule has 0 unspecified atom stereocenters. The molecular weight excluding hydrogens is 742 g/mol. The van der Waals surface area contributed by atoms with Crippen LogP contribution in [0.1, 0.15) is 83.3 Å². The maximum atomic E-state index is 14.7. The molecule has 1 saturated heterocycles. The number of carbonyl (C=O) groups is 6. The predicted octanol–water partition coefficient (Wildman–Crippen LogP) is 3.08. The van der Waals surface area contributed by atoms with E-state index in [9.17, 15) is 44.1 Å². The van der Waals surface area contributed by atoms with Gasteiger partial charge in [0.2, 0.25) is 11.6 Å². The summed E-state index contributed by atoms with van der Waals surface area (Å²) in [5.41, 5.74) is -6.90. The molecule has 0 spiro atoms. The molecule has 4 N–H and O–H groups in total. The van der Waals surface area contributed by atoms with Gasteiger partial charge in [-0.05, 0) is 57.9 Å². The monoisotopic (exact) mass is 791 g/mol. The van der Waals surface area contributed by atoms with E-state index < -0.39 is 113 Å². The molecule has 15 nitrogen and oxygen atoms in total. The van der Waals surface area contributed by atoms with Crippen LogP contribution in [0.2, 0.25) is 0 Å². The van der Waals surface area contributed by atoms with E-state index in [-0.39, 0.29) is 29.7 Å². The first-order valence-electron chi connectivity index (χ1n) is 18.9. The van der Waals surface area contributed by atoms with E-state index in [1.807, 2.05) is 0 Å². The van der Waals surface area contributed by atoms with Crippen LogP contribution in [0.15, 0.2) is 71.8 Å². The van der Waals surface area contributed by atoms with Gasteiger partial charge in [-0.25, -0.2) is 14.4 Å². The SMILES string of the molecule is CC(=O)O[C@@]12CO[C@@H]1C[C@@H](O)[C@@]1(C)C(=O)C(=O)C3=C(C)[C@@H](OC(=O)[C@H](O)[C@@H](NC(=O)OC(C)(C)C)c4ccccc4)C[C@](O)([C@@H]3C)[C@@H](OC(=O)c3ccccc3)[C@H]21. The minimum Gasteiger partial charge on any atom is -0.456 e. The number of aliphatic hydroxyl groups excluding tert-OH is 2. The lowest BCUT2D eigenvalue weighted by atomic mass is 9.47. The average Bonchev–Trinajstić information content (AvgIpc) is 3.15. The molecule has 3 aliphatic carbocycles. The third-order valence-electron chi connectivity index (χ3n) is 11.9. The normalized spacial score (nSPS) is 33.2. The van der Waals surface area contributed by atoms with Gasteiger partial charge < -0.3 is 44.3 Å². The first-order valence-corrected chi connectivity index (χ1v) is 18.9. The zero-order valence-electron chi connectivity index (χ0n) is 32.8. The van der Waals surface area contributed by atoms with Crippen LogP contribution in [0.4, 0.5) is 4.79 Å². The lowest BCUT2D eigenvalue weighted by molar-refractivity contribution is -0.341. The Morgan fingerprint density at radius 2 is 1.60 bits per heavy atom. The molecule has 306 valence electrons. The number of alkyl carbamates (subject to hydrolysis) is 1. The molecule has 4 aliphatic rings. The van der Waals surface area contributed by atoms with E-state index in [1.165, 1.54) is 32.9 Å². The highest BCUT2D eigenvalue weighted by molar-refractivity contribution is 6.45. The van der Waals surface area contributed by atoms with Crippen molar-refractivity contribution in [2.45, 2.75) is 115 Å². The van der Waals surface area contributed by atoms with Crippen molar-refractivity contribution in [3.63, 3.8) is 0 Å². The van der Waals surface area contributed by atoms with E-state index in [4.69, 9.17) is 23.7 Å². The van der Waals surface area contributed by atoms with E-state index in [0.29, 0.717) is 5.56 Å². The fourth-order valence-electron chi connectivity index (χ4n) is 9.00. The highest BCUT2D eigenvalue weighted by Gasteiger charge is 2.76. The number of nitrogens with one attached hydrogen (secondary N) is 1. The molecule has 15 heteroatoms. The number of hydrogen-bond donors (Lipinski definition) is 4. The molecule has 2 bridgehead atoms. The van der Waals surface area contributed by atoms with Crippen LogP contribution in [0, 0.1) is 17.3 Å². The molecule has 57 heavy (non-hydrogen) atoms. The standard InChI is InChI=1S/C42H49NO14/c1-21-26(54-37(50)32(47)30(24-14-10-8-11-15-24)43-38(51)57-39(4,5)6)19-41(52)22(2)29(21)31(46)34(48)40(7)27(45)18-28-42(20-53-28,56-23(3)44)33(40)35(41)55-36(49)25-16-12-9-13-17-25/h8-17,22,26-28,30,32-33,35,45,47,52H,18-20H2,1-7H3,(H,43,51)/t22-,26+,27-,28-,30+,32-,33+,35+,40-,41+,42+/m1/s1. The largest absolute Gasteiger partial charge is 0.456 e. The van der Waals surface area contributed by atoms with Crippen molar-refractivity contribution in [3.8, 4) is 0 Å². The van der Waals surface area contributed by atoms with Gasteiger partial charge in [-0.15, -0.1) is 0 Å². The van der Waals surface area contributed by atoms with Gasteiger partial charge >= 0.3 is 24.0 Å². The summed E-state index contributed by atoms with van der Waals surface area (Å²) in [6, 6.07) is 14.5. The summed E-state index contributed by atoms with van der Waals surface area (Å²) in [6.45, 7) is 9.97. The Kier molecular flexibility index (Phi) is 11.0. The number of aliphatic hydroxyl groups is 3. The van der Waals surface area contributed by atoms with Crippen molar-refractivity contribution in [1.29, 1.82) is 0 Å². The molecule has 2 aromatic carbocycles. The Hall–Kier alpha value is -4.96. The maximum Gasteiger partial charge on any atom is 0.408 e. The summed E-state index contributed by atoms with van der Waals surface area (Å²) in [7, 11) is 0. The number of ether oxygens (including phenoxy) is 5. The first-order chi connectivity index (χ1) is 26.7. The van der Waals surface area contributed by atoms with E-state index in [2.05, 4.69) is 5.32 Å². The summed E-state index contributed by atoms with van der Waals surface area (Å²) in [6.07, 6.45) is -9.66. The molecule has 1 heterocycles. The lowest BCUT2D eigenvalue weighted by Gasteiger charge is -2.65. The van der Waals surface area contributed by atoms with Gasteiger partial charge in [-0.1, -0.05) is 55.5 Å². The second kappa shape index (κ2) is 15.1. The summed E-state index contributed by atoms with van der Waals surface area (Å²) in [4.78, 5) is 82.8. The number of amides is 1. The molecular formula is C42H49NO14. The summed E-state index contributed by atoms with van der Waals surface area (Å²) in [5.74, 6) is -8.00. The van der Waals surface area contributed by atoms with Crippen molar-refractivity contribution in [3.05, 3.63) is 82.9 Å². The van der Waals surface area contributed by atoms with Crippen LogP contribution in [0.5, 0.6) is 0 Å². The summed E-state index contributed by atoms with van der Waals surface area (Å²) < 4.78 is 29.2. The Bertz CT molecular complexity index is 1980. The van der Waals surface area contributed by atoms with Crippen molar-refractivity contribution in [1.82, 2.24) is 5.32 Å². The quantitative estimate of drug-likeness (QED) is 0.172. The summed E-state index contributed by atoms with van der Waals surface area (Å²) >= 11 is 0. The number of esters is 3. The van der Waals surface area contributed by atoms with Gasteiger partial charge in [0, 0.05) is 31.3 Å². The van der Waals surface area contributed by atoms with Crippen LogP contribution < -0.4 is 5.32 Å². The van der Waals surface area contributed by atoms with Crippen molar-refractivity contribution in [2.24, 2.45) is 17.3 Å². The second-order valence-electron chi connectivity index (χ2n) is 16.6. The molecule has 0 aromatic heterocycles. The highest BCUT2D eigenvalue weighted by atomic mass is 16.6. The molecule has 1 amide bonds. The number of hydrogen-bond acceptors (Lipinski definition) is 14. The lowest BCUT2D eigenvalue weighted by Crippen LogP contribution is -2.80. The number of fused-ring (bicyclic) bond motifs is 5. The van der Waals surface area contributed by atoms with Gasteiger partial charge in [0.1, 0.15) is 29.5 Å². The van der Waals surface area contributed by atoms with Crippen molar-refractivity contribution >= 4 is 35.6 Å². The first kappa shape index (κ1) is 41.7. The number of ketones is 2. The number of carbonyl (C=O) groups excluding carboxylic acids is 6. The fraction of sp³-hybridized carbons (Fsp3) is 0.524. The number of benzene rings is 2.